The fourth-order valence-corrected chi connectivity index (χ4v) is 10.8. The van der Waals surface area contributed by atoms with Gasteiger partial charge < -0.3 is 20.6 Å². The summed E-state index contributed by atoms with van der Waals surface area (Å²) in [5.41, 5.74) is 0. The van der Waals surface area contributed by atoms with Crippen molar-refractivity contribution < 1.29 is 20.1 Å². The van der Waals surface area contributed by atoms with Gasteiger partial charge in [-0.2, -0.15) is 0 Å². The monoisotopic (exact) mass is 1000 g/mol. The molecule has 4 N–H and O–H groups in total. The molecule has 5 nitrogen and oxygen atoms in total. The Balaban J connectivity index is 3.41. The van der Waals surface area contributed by atoms with Gasteiger partial charge in [-0.25, -0.2) is 0 Å². The summed E-state index contributed by atoms with van der Waals surface area (Å²) >= 11 is 0. The van der Waals surface area contributed by atoms with Crippen molar-refractivity contribution in [1.82, 2.24) is 5.32 Å². The number of carbonyl (C=O) groups is 1. The second kappa shape index (κ2) is 61.6. The first-order valence-corrected chi connectivity index (χ1v) is 33.0. The molecule has 0 radical (unpaired) electrons. The van der Waals surface area contributed by atoms with Crippen LogP contribution < -0.4 is 5.32 Å². The van der Waals surface area contributed by atoms with E-state index in [9.17, 15) is 20.1 Å². The van der Waals surface area contributed by atoms with E-state index in [2.05, 4.69) is 31.3 Å². The molecule has 424 valence electrons. The van der Waals surface area contributed by atoms with Crippen molar-refractivity contribution in [3.05, 3.63) is 12.2 Å². The third-order valence-electron chi connectivity index (χ3n) is 15.9. The van der Waals surface area contributed by atoms with Gasteiger partial charge in [0.15, 0.2) is 0 Å². The molecule has 1 amide bonds. The lowest BCUT2D eigenvalue weighted by atomic mass is 10.0. The molecule has 0 aliphatic rings. The van der Waals surface area contributed by atoms with Gasteiger partial charge in [0.1, 0.15) is 6.10 Å². The van der Waals surface area contributed by atoms with E-state index in [1.165, 1.54) is 315 Å². The van der Waals surface area contributed by atoms with Crippen LogP contribution in [0.1, 0.15) is 380 Å². The van der Waals surface area contributed by atoms with Crippen molar-refractivity contribution in [3.8, 4) is 0 Å². The van der Waals surface area contributed by atoms with Crippen LogP contribution in [-0.2, 0) is 4.79 Å². The van der Waals surface area contributed by atoms with Gasteiger partial charge in [-0.15, -0.1) is 0 Å². The van der Waals surface area contributed by atoms with Crippen LogP contribution in [0.15, 0.2) is 12.2 Å². The molecule has 0 heterocycles. The zero-order chi connectivity index (χ0) is 51.4. The van der Waals surface area contributed by atoms with Crippen molar-refractivity contribution in [3.63, 3.8) is 0 Å². The van der Waals surface area contributed by atoms with Crippen LogP contribution in [0.2, 0.25) is 0 Å². The average molecular weight is 1000 g/mol. The number of amides is 1. The van der Waals surface area contributed by atoms with Crippen molar-refractivity contribution in [2.75, 3.05) is 6.61 Å². The molecule has 5 heteroatoms. The minimum absolute atomic E-state index is 0.145. The standard InChI is InChI=1S/C66H131NO4/c1-3-5-7-9-11-13-15-17-19-21-23-24-25-26-27-28-29-30-31-32-33-34-35-36-37-38-39-40-41-42-43-45-47-49-51-53-55-57-59-61-65(70)67-63(62-68)66(71)64(69)60-58-56-54-52-50-48-46-44-22-20-18-16-14-12-10-8-6-4-2/h52,54,63-64,66,68-69,71H,3-51,53,55-62H2,1-2H3,(H,67,70)/b54-52+. The van der Waals surface area contributed by atoms with E-state index >= 15 is 0 Å². The summed E-state index contributed by atoms with van der Waals surface area (Å²) in [6.07, 6.45) is 78.6. The summed E-state index contributed by atoms with van der Waals surface area (Å²) in [6.45, 7) is 4.22. The number of hydrogen-bond donors (Lipinski definition) is 4. The molecule has 0 fully saturated rings. The first-order chi connectivity index (χ1) is 35.1. The Kier molecular flexibility index (Phi) is 60.8. The SMILES string of the molecule is CCCCCCCCCCCCCCC/C=C/CCCC(O)C(O)C(CO)NC(=O)CCCCCCCCCCCCCCCCCCCCCCCCCCCCCCCCCCCCCCCCC. The Hall–Kier alpha value is -0.910. The topological polar surface area (TPSA) is 89.8 Å². The van der Waals surface area contributed by atoms with Crippen LogP contribution in [0.3, 0.4) is 0 Å². The molecule has 0 aromatic carbocycles. The van der Waals surface area contributed by atoms with E-state index in [1.807, 2.05) is 0 Å². The summed E-state index contributed by atoms with van der Waals surface area (Å²) in [7, 11) is 0. The third kappa shape index (κ3) is 56.7. The number of nitrogens with one attached hydrogen (secondary N) is 1. The largest absolute Gasteiger partial charge is 0.394 e. The summed E-state index contributed by atoms with van der Waals surface area (Å²) in [4.78, 5) is 12.5. The molecular weight excluding hydrogens is 871 g/mol. The third-order valence-corrected chi connectivity index (χ3v) is 15.9. The molecule has 0 saturated carbocycles. The predicted octanol–water partition coefficient (Wildman–Crippen LogP) is 21.0. The smallest absolute Gasteiger partial charge is 0.220 e. The minimum atomic E-state index is -1.16. The van der Waals surface area contributed by atoms with Crippen LogP contribution >= 0.6 is 0 Å². The number of carbonyl (C=O) groups excluding carboxylic acids is 1. The van der Waals surface area contributed by atoms with Gasteiger partial charge >= 0.3 is 0 Å². The fourth-order valence-electron chi connectivity index (χ4n) is 10.8. The molecule has 0 rings (SSSR count). The molecule has 0 aliphatic carbocycles. The van der Waals surface area contributed by atoms with Crippen molar-refractivity contribution in [2.24, 2.45) is 0 Å². The molecule has 71 heavy (non-hydrogen) atoms. The number of aliphatic hydroxyl groups excluding tert-OH is 3. The normalized spacial score (nSPS) is 13.1. The molecule has 0 bridgehead atoms. The van der Waals surface area contributed by atoms with Gasteiger partial charge in [-0.05, 0) is 38.5 Å². The van der Waals surface area contributed by atoms with Gasteiger partial charge in [0.25, 0.3) is 0 Å². The van der Waals surface area contributed by atoms with E-state index in [-0.39, 0.29) is 12.5 Å². The first kappa shape index (κ1) is 70.1. The first-order valence-electron chi connectivity index (χ1n) is 33.0. The Morgan fingerprint density at radius 2 is 0.563 bits per heavy atom. The second-order valence-electron chi connectivity index (χ2n) is 23.0. The van der Waals surface area contributed by atoms with E-state index in [0.717, 1.165) is 38.5 Å². The highest BCUT2D eigenvalue weighted by Gasteiger charge is 2.26. The van der Waals surface area contributed by atoms with Crippen LogP contribution in [-0.4, -0.2) is 46.1 Å². The maximum absolute atomic E-state index is 12.5. The van der Waals surface area contributed by atoms with Crippen LogP contribution in [0, 0.1) is 0 Å². The highest BCUT2D eigenvalue weighted by molar-refractivity contribution is 5.76. The number of rotatable bonds is 62. The zero-order valence-electron chi connectivity index (χ0n) is 48.6. The fraction of sp³-hybridized carbons (Fsp3) is 0.955. The predicted molar refractivity (Wildman–Crippen MR) is 315 cm³/mol. The Bertz CT molecular complexity index is 1020. The molecular formula is C66H131NO4. The van der Waals surface area contributed by atoms with Gasteiger partial charge in [-0.1, -0.05) is 347 Å². The van der Waals surface area contributed by atoms with Gasteiger partial charge in [-0.3, -0.25) is 4.79 Å². The maximum Gasteiger partial charge on any atom is 0.220 e. The Labute approximate surface area is 446 Å². The Morgan fingerprint density at radius 3 is 0.817 bits per heavy atom. The quantitative estimate of drug-likeness (QED) is 0.0361. The number of aliphatic hydroxyl groups is 3. The highest BCUT2D eigenvalue weighted by atomic mass is 16.3. The molecule has 0 aromatic rings. The van der Waals surface area contributed by atoms with Crippen molar-refractivity contribution in [1.29, 1.82) is 0 Å². The molecule has 3 unspecified atom stereocenters. The van der Waals surface area contributed by atoms with Crippen LogP contribution in [0.4, 0.5) is 0 Å². The van der Waals surface area contributed by atoms with Gasteiger partial charge in [0, 0.05) is 6.42 Å². The zero-order valence-corrected chi connectivity index (χ0v) is 48.6. The van der Waals surface area contributed by atoms with Gasteiger partial charge in [0.05, 0.1) is 18.8 Å². The summed E-state index contributed by atoms with van der Waals surface area (Å²) in [5, 5.41) is 33.8. The second-order valence-corrected chi connectivity index (χ2v) is 23.0. The molecule has 0 saturated heterocycles. The van der Waals surface area contributed by atoms with E-state index in [4.69, 9.17) is 0 Å². The lowest BCUT2D eigenvalue weighted by Crippen LogP contribution is -2.50. The highest BCUT2D eigenvalue weighted by Crippen LogP contribution is 2.19. The van der Waals surface area contributed by atoms with Crippen molar-refractivity contribution >= 4 is 5.91 Å². The van der Waals surface area contributed by atoms with Crippen LogP contribution in [0.25, 0.3) is 0 Å². The number of allylic oxidation sites excluding steroid dienone is 2. The number of hydrogen-bond acceptors (Lipinski definition) is 4. The molecule has 0 aromatic heterocycles. The van der Waals surface area contributed by atoms with Gasteiger partial charge in [0.2, 0.25) is 5.91 Å². The van der Waals surface area contributed by atoms with Crippen molar-refractivity contribution in [2.45, 2.75) is 398 Å². The lowest BCUT2D eigenvalue weighted by molar-refractivity contribution is -0.124. The lowest BCUT2D eigenvalue weighted by Gasteiger charge is -2.26. The van der Waals surface area contributed by atoms with E-state index in [1.54, 1.807) is 0 Å². The molecule has 0 spiro atoms. The summed E-state index contributed by atoms with van der Waals surface area (Å²) in [5.74, 6) is -0.145. The summed E-state index contributed by atoms with van der Waals surface area (Å²) < 4.78 is 0. The average Bonchev–Trinajstić information content (AvgIpc) is 3.37. The Morgan fingerprint density at radius 1 is 0.338 bits per heavy atom. The molecule has 0 aliphatic heterocycles. The summed E-state index contributed by atoms with van der Waals surface area (Å²) in [6, 6.07) is -0.823. The number of unbranched alkanes of at least 4 members (excludes halogenated alkanes) is 52. The minimum Gasteiger partial charge on any atom is -0.394 e. The maximum atomic E-state index is 12.5. The molecule has 3 atom stereocenters. The van der Waals surface area contributed by atoms with Crippen LogP contribution in [0.5, 0.6) is 0 Å². The van der Waals surface area contributed by atoms with E-state index < -0.39 is 18.2 Å². The van der Waals surface area contributed by atoms with E-state index in [0.29, 0.717) is 12.8 Å².